The fraction of sp³-hybridized carbons (Fsp3) is 0.542. The summed E-state index contributed by atoms with van der Waals surface area (Å²) in [7, 11) is 1.58. The number of hydrogen-bond donors (Lipinski definition) is 1. The lowest BCUT2D eigenvalue weighted by molar-refractivity contribution is -0.274. The van der Waals surface area contributed by atoms with Gasteiger partial charge in [-0.05, 0) is 30.5 Å². The second-order valence-corrected chi connectivity index (χ2v) is 9.70. The van der Waals surface area contributed by atoms with Crippen LogP contribution in [0, 0.1) is 5.92 Å². The largest absolute Gasteiger partial charge is 0.573 e. The molecule has 2 unspecified atom stereocenters. The normalized spacial score (nSPS) is 23.2. The first-order valence-electron chi connectivity index (χ1n) is 12.0. The number of halogens is 3. The van der Waals surface area contributed by atoms with E-state index in [9.17, 15) is 27.6 Å². The van der Waals surface area contributed by atoms with E-state index in [1.165, 1.54) is 24.3 Å². The fourth-order valence-electron chi connectivity index (χ4n) is 5.51. The van der Waals surface area contributed by atoms with Crippen LogP contribution in [0.25, 0.3) is 0 Å². The molecule has 0 spiro atoms. The Kier molecular flexibility index (Phi) is 6.42. The third-order valence-corrected chi connectivity index (χ3v) is 7.47. The highest BCUT2D eigenvalue weighted by Gasteiger charge is 2.55. The lowest BCUT2D eigenvalue weighted by atomic mass is 9.95. The number of likely N-dealkylation sites (tertiary alicyclic amines) is 2. The fourth-order valence-corrected chi connectivity index (χ4v) is 5.51. The number of rotatable bonds is 5. The molecular weight excluding hydrogens is 497 g/mol. The summed E-state index contributed by atoms with van der Waals surface area (Å²) < 4.78 is 51.9. The van der Waals surface area contributed by atoms with Crippen molar-refractivity contribution in [2.75, 3.05) is 39.8 Å². The van der Waals surface area contributed by atoms with Crippen molar-refractivity contribution in [1.82, 2.24) is 19.9 Å². The second kappa shape index (κ2) is 9.43. The summed E-state index contributed by atoms with van der Waals surface area (Å²) in [6.45, 7) is 2.23. The van der Waals surface area contributed by atoms with Crippen molar-refractivity contribution in [3.63, 3.8) is 0 Å². The van der Waals surface area contributed by atoms with Crippen LogP contribution in [0.4, 0.5) is 18.0 Å². The summed E-state index contributed by atoms with van der Waals surface area (Å²) in [4.78, 5) is 43.0. The summed E-state index contributed by atoms with van der Waals surface area (Å²) in [6.07, 6.45) is -3.74. The zero-order valence-corrected chi connectivity index (χ0v) is 20.2. The van der Waals surface area contributed by atoms with Gasteiger partial charge in [0.05, 0.1) is 25.2 Å². The number of fused-ring (bicyclic) bond motifs is 2. The number of ether oxygens (including phenoxy) is 2. The number of benzene rings is 1. The number of urea groups is 1. The molecule has 0 saturated carbocycles. The van der Waals surface area contributed by atoms with Crippen molar-refractivity contribution in [2.45, 2.75) is 37.8 Å². The summed E-state index contributed by atoms with van der Waals surface area (Å²) in [6, 6.07) is 5.32. The van der Waals surface area contributed by atoms with Crippen LogP contribution < -0.4 is 10.3 Å². The van der Waals surface area contributed by atoms with Gasteiger partial charge in [0.1, 0.15) is 11.4 Å². The lowest BCUT2D eigenvalue weighted by Gasteiger charge is -2.32. The molecule has 2 fully saturated rings. The number of hydrogen-bond acceptors (Lipinski definition) is 6. The molecule has 3 aliphatic rings. The molecule has 2 saturated heterocycles. The monoisotopic (exact) mass is 524 g/mol. The minimum absolute atomic E-state index is 0.0465. The van der Waals surface area contributed by atoms with Crippen molar-refractivity contribution in [3.8, 4) is 5.75 Å². The Morgan fingerprint density at radius 3 is 2.51 bits per heavy atom. The highest BCUT2D eigenvalue weighted by Crippen LogP contribution is 2.38. The molecule has 1 aromatic carbocycles. The third kappa shape index (κ3) is 5.04. The number of amides is 3. The van der Waals surface area contributed by atoms with Crippen molar-refractivity contribution < 1.29 is 36.8 Å². The van der Waals surface area contributed by atoms with E-state index in [0.717, 1.165) is 5.56 Å². The van der Waals surface area contributed by atoms with Crippen molar-refractivity contribution in [1.29, 1.82) is 0 Å². The first-order chi connectivity index (χ1) is 17.6. The number of methoxy groups -OCH3 is 1. The van der Waals surface area contributed by atoms with E-state index in [2.05, 4.69) is 9.89 Å². The van der Waals surface area contributed by atoms with E-state index >= 15 is 0 Å². The average molecular weight is 524 g/mol. The first-order valence-corrected chi connectivity index (χ1v) is 12.0. The van der Waals surface area contributed by atoms with E-state index in [1.807, 2.05) is 0 Å². The molecule has 13 heteroatoms. The van der Waals surface area contributed by atoms with Gasteiger partial charge in [0, 0.05) is 39.1 Å². The Balaban J connectivity index is 1.15. The predicted octanol–water partition coefficient (Wildman–Crippen LogP) is 2.14. The van der Waals surface area contributed by atoms with E-state index in [1.54, 1.807) is 21.8 Å². The number of carbonyl (C=O) groups is 2. The van der Waals surface area contributed by atoms with Gasteiger partial charge in [-0.15, -0.1) is 13.2 Å². The van der Waals surface area contributed by atoms with Gasteiger partial charge in [-0.1, -0.05) is 12.1 Å². The molecule has 3 amide bonds. The molecule has 1 N–H and O–H groups in total. The van der Waals surface area contributed by atoms with Crippen molar-refractivity contribution >= 4 is 11.9 Å². The van der Waals surface area contributed by atoms with E-state index in [-0.39, 0.29) is 42.1 Å². The van der Waals surface area contributed by atoms with Gasteiger partial charge in [0.2, 0.25) is 5.91 Å². The molecule has 37 heavy (non-hydrogen) atoms. The Morgan fingerprint density at radius 2 is 1.84 bits per heavy atom. The van der Waals surface area contributed by atoms with Gasteiger partial charge in [-0.25, -0.2) is 4.79 Å². The van der Waals surface area contributed by atoms with Gasteiger partial charge < -0.3 is 28.7 Å². The highest BCUT2D eigenvalue weighted by molar-refractivity contribution is 5.78. The van der Waals surface area contributed by atoms with Gasteiger partial charge in [-0.2, -0.15) is 5.16 Å². The quantitative estimate of drug-likeness (QED) is 0.642. The van der Waals surface area contributed by atoms with Crippen LogP contribution in [0.5, 0.6) is 5.75 Å². The van der Waals surface area contributed by atoms with Crippen LogP contribution in [0.1, 0.15) is 23.3 Å². The average Bonchev–Trinajstić information content (AvgIpc) is 3.52. The number of nitrogens with one attached hydrogen (secondary N) is 1. The summed E-state index contributed by atoms with van der Waals surface area (Å²) >= 11 is 0. The number of aromatic nitrogens is 1. The predicted molar refractivity (Wildman–Crippen MR) is 122 cm³/mol. The first kappa shape index (κ1) is 25.2. The zero-order chi connectivity index (χ0) is 26.4. The highest BCUT2D eigenvalue weighted by atomic mass is 19.4. The molecule has 2 atom stereocenters. The smallest absolute Gasteiger partial charge is 0.406 e. The standard InChI is InChI=1S/C24H27F3N4O6/c1-35-23-13-30(20(32)7-4-15-2-5-17(6-3-15)36-24(25,26)27)10-16(23)11-31(14-23)22(34)29-9-8-18-19(12-29)37-28-21(18)33/h2-3,5-6,16H,4,7-14H2,1H3,(H,28,33). The summed E-state index contributed by atoms with van der Waals surface area (Å²) in [5.74, 6) is 0.0450. The maximum atomic E-state index is 13.2. The molecule has 200 valence electrons. The number of alkyl halides is 3. The molecule has 10 nitrogen and oxygen atoms in total. The molecule has 1 aromatic heterocycles. The van der Waals surface area contributed by atoms with Crippen LogP contribution in [0.2, 0.25) is 0 Å². The van der Waals surface area contributed by atoms with E-state index in [0.29, 0.717) is 56.9 Å². The van der Waals surface area contributed by atoms with Crippen molar-refractivity contribution in [2.24, 2.45) is 5.92 Å². The Labute approximate surface area is 209 Å². The van der Waals surface area contributed by atoms with Gasteiger partial charge in [0.25, 0.3) is 5.56 Å². The molecule has 4 heterocycles. The molecule has 0 bridgehead atoms. The van der Waals surface area contributed by atoms with Crippen LogP contribution in [0.15, 0.2) is 33.6 Å². The molecular formula is C24H27F3N4O6. The maximum absolute atomic E-state index is 13.2. The summed E-state index contributed by atoms with van der Waals surface area (Å²) in [5, 5.41) is 2.32. The number of carbonyl (C=O) groups excluding carboxylic acids is 2. The van der Waals surface area contributed by atoms with E-state index in [4.69, 9.17) is 9.26 Å². The number of nitrogens with zero attached hydrogens (tertiary/aromatic N) is 3. The molecule has 5 rings (SSSR count). The Bertz CT molecular complexity index is 1230. The topological polar surface area (TPSA) is 108 Å². The van der Waals surface area contributed by atoms with Crippen LogP contribution >= 0.6 is 0 Å². The maximum Gasteiger partial charge on any atom is 0.573 e. The number of aromatic amines is 1. The number of aryl methyl sites for hydroxylation is 1. The third-order valence-electron chi connectivity index (χ3n) is 7.47. The SMILES string of the molecule is COC12CN(C(=O)CCc3ccc(OC(F)(F)F)cc3)CC1CN(C(=O)N1CCc3c(o[nH]c3=O)C1)C2. The lowest BCUT2D eigenvalue weighted by Crippen LogP contribution is -2.48. The Hall–Kier alpha value is -3.48. The molecule has 3 aliphatic heterocycles. The molecule has 0 radical (unpaired) electrons. The minimum Gasteiger partial charge on any atom is -0.406 e. The zero-order valence-electron chi connectivity index (χ0n) is 20.2. The second-order valence-electron chi connectivity index (χ2n) is 9.70. The van der Waals surface area contributed by atoms with E-state index < -0.39 is 12.0 Å². The Morgan fingerprint density at radius 1 is 1.14 bits per heavy atom. The van der Waals surface area contributed by atoms with Gasteiger partial charge in [-0.3, -0.25) is 9.59 Å². The summed E-state index contributed by atoms with van der Waals surface area (Å²) in [5.41, 5.74) is 0.385. The van der Waals surface area contributed by atoms with Crippen LogP contribution in [-0.4, -0.2) is 83.6 Å². The van der Waals surface area contributed by atoms with Crippen molar-refractivity contribution in [3.05, 3.63) is 51.5 Å². The van der Waals surface area contributed by atoms with Gasteiger partial charge >= 0.3 is 12.4 Å². The van der Waals surface area contributed by atoms with Gasteiger partial charge in [0.15, 0.2) is 5.76 Å². The molecule has 0 aliphatic carbocycles. The minimum atomic E-state index is -4.75. The number of H-pyrrole nitrogens is 1. The molecule has 2 aromatic rings. The van der Waals surface area contributed by atoms with Crippen LogP contribution in [0.3, 0.4) is 0 Å². The van der Waals surface area contributed by atoms with Crippen LogP contribution in [-0.2, 0) is 28.9 Å².